The number of aliphatic hydroxyl groups excluding tert-OH is 1. The fourth-order valence-corrected chi connectivity index (χ4v) is 2.01. The van der Waals surface area contributed by atoms with E-state index in [0.29, 0.717) is 6.54 Å². The number of nitrogens with one attached hydrogen (secondary N) is 1. The van der Waals surface area contributed by atoms with Crippen LogP contribution < -0.4 is 10.1 Å². The van der Waals surface area contributed by atoms with Crippen LogP contribution >= 0.6 is 0 Å². The fraction of sp³-hybridized carbons (Fsp3) is 0.400. The fourth-order valence-electron chi connectivity index (χ4n) is 2.01. The lowest BCUT2D eigenvalue weighted by Crippen LogP contribution is -2.26. The van der Waals surface area contributed by atoms with Gasteiger partial charge in [-0.15, -0.1) is 0 Å². The van der Waals surface area contributed by atoms with Gasteiger partial charge in [0.25, 0.3) is 0 Å². The van der Waals surface area contributed by atoms with Crippen molar-refractivity contribution in [3.63, 3.8) is 0 Å². The average Bonchev–Trinajstić information content (AvgIpc) is 2.82. The summed E-state index contributed by atoms with van der Waals surface area (Å²) in [6.45, 7) is 4.70. The van der Waals surface area contributed by atoms with E-state index in [1.165, 1.54) is 0 Å². The number of nitrogens with zero attached hydrogens (tertiary/aromatic N) is 2. The second kappa shape index (κ2) is 6.43. The van der Waals surface area contributed by atoms with Gasteiger partial charge in [0.1, 0.15) is 18.5 Å². The van der Waals surface area contributed by atoms with Gasteiger partial charge >= 0.3 is 0 Å². The predicted octanol–water partition coefficient (Wildman–Crippen LogP) is 1.89. The molecule has 5 nitrogen and oxygen atoms in total. The van der Waals surface area contributed by atoms with Gasteiger partial charge in [-0.2, -0.15) is 5.10 Å². The summed E-state index contributed by atoms with van der Waals surface area (Å²) in [5.41, 5.74) is 3.05. The third-order valence-corrected chi connectivity index (χ3v) is 3.08. The number of hydrogen-bond donors (Lipinski definition) is 2. The van der Waals surface area contributed by atoms with Gasteiger partial charge < -0.3 is 15.2 Å². The summed E-state index contributed by atoms with van der Waals surface area (Å²) in [6, 6.07) is 6.00. The van der Waals surface area contributed by atoms with Gasteiger partial charge in [0.15, 0.2) is 0 Å². The molecule has 5 heteroatoms. The lowest BCUT2D eigenvalue weighted by Gasteiger charge is -2.16. The molecule has 0 spiro atoms. The van der Waals surface area contributed by atoms with Gasteiger partial charge in [0, 0.05) is 19.8 Å². The maximum Gasteiger partial charge on any atom is 0.125 e. The SMILES string of the molecule is Cc1cccc(C)c1OCC(O)CNc1cnn(C)c1. The number of rotatable bonds is 6. The van der Waals surface area contributed by atoms with E-state index in [4.69, 9.17) is 4.74 Å². The highest BCUT2D eigenvalue weighted by atomic mass is 16.5. The van der Waals surface area contributed by atoms with Crippen molar-refractivity contribution >= 4 is 5.69 Å². The number of aliphatic hydroxyl groups is 1. The molecule has 0 fully saturated rings. The highest BCUT2D eigenvalue weighted by Crippen LogP contribution is 2.22. The molecule has 1 atom stereocenters. The van der Waals surface area contributed by atoms with Gasteiger partial charge in [0.2, 0.25) is 0 Å². The molecule has 0 amide bonds. The van der Waals surface area contributed by atoms with Crippen LogP contribution in [-0.2, 0) is 7.05 Å². The Balaban J connectivity index is 1.81. The lowest BCUT2D eigenvalue weighted by atomic mass is 10.1. The molecule has 0 bridgehead atoms. The lowest BCUT2D eigenvalue weighted by molar-refractivity contribution is 0.117. The molecule has 1 aromatic heterocycles. The van der Waals surface area contributed by atoms with Crippen molar-refractivity contribution in [3.8, 4) is 5.75 Å². The van der Waals surface area contributed by atoms with E-state index in [1.54, 1.807) is 10.9 Å². The molecule has 0 aliphatic carbocycles. The Labute approximate surface area is 119 Å². The first-order valence-electron chi connectivity index (χ1n) is 6.66. The van der Waals surface area contributed by atoms with Crippen LogP contribution in [0.5, 0.6) is 5.75 Å². The van der Waals surface area contributed by atoms with Crippen LogP contribution in [0.15, 0.2) is 30.6 Å². The molecule has 20 heavy (non-hydrogen) atoms. The molecule has 0 aliphatic rings. The Morgan fingerprint density at radius 2 is 2.05 bits per heavy atom. The van der Waals surface area contributed by atoms with Crippen LogP contribution in [0.1, 0.15) is 11.1 Å². The smallest absolute Gasteiger partial charge is 0.125 e. The van der Waals surface area contributed by atoms with Gasteiger partial charge in [-0.05, 0) is 25.0 Å². The number of aromatic nitrogens is 2. The van der Waals surface area contributed by atoms with Crippen molar-refractivity contribution < 1.29 is 9.84 Å². The van der Waals surface area contributed by atoms with Crippen LogP contribution in [0.25, 0.3) is 0 Å². The zero-order valence-electron chi connectivity index (χ0n) is 12.1. The van der Waals surface area contributed by atoms with Crippen molar-refractivity contribution in [1.82, 2.24) is 9.78 Å². The van der Waals surface area contributed by atoms with E-state index in [1.807, 2.05) is 45.3 Å². The molecule has 0 saturated heterocycles. The first-order valence-corrected chi connectivity index (χ1v) is 6.66. The Bertz CT molecular complexity index is 546. The van der Waals surface area contributed by atoms with E-state index >= 15 is 0 Å². The highest BCUT2D eigenvalue weighted by molar-refractivity contribution is 5.40. The van der Waals surface area contributed by atoms with Gasteiger partial charge in [-0.1, -0.05) is 18.2 Å². The van der Waals surface area contributed by atoms with Crippen LogP contribution in [0, 0.1) is 13.8 Å². The Kier molecular flexibility index (Phi) is 4.63. The third-order valence-electron chi connectivity index (χ3n) is 3.08. The number of hydrogen-bond acceptors (Lipinski definition) is 4. The Morgan fingerprint density at radius 3 is 2.65 bits per heavy atom. The van der Waals surface area contributed by atoms with Crippen molar-refractivity contribution in [2.24, 2.45) is 7.05 Å². The van der Waals surface area contributed by atoms with Crippen LogP contribution in [0.2, 0.25) is 0 Å². The molecule has 1 aromatic carbocycles. The predicted molar refractivity (Wildman–Crippen MR) is 79.1 cm³/mol. The van der Waals surface area contributed by atoms with Crippen molar-refractivity contribution in [1.29, 1.82) is 0 Å². The number of ether oxygens (including phenoxy) is 1. The summed E-state index contributed by atoms with van der Waals surface area (Å²) in [4.78, 5) is 0. The molecular formula is C15H21N3O2. The standard InChI is InChI=1S/C15H21N3O2/c1-11-5-4-6-12(2)15(11)20-10-14(19)8-16-13-7-17-18(3)9-13/h4-7,9,14,16,19H,8,10H2,1-3H3. The summed E-state index contributed by atoms with van der Waals surface area (Å²) in [5.74, 6) is 0.855. The molecule has 2 rings (SSSR count). The van der Waals surface area contributed by atoms with Crippen molar-refractivity contribution in [2.45, 2.75) is 20.0 Å². The number of benzene rings is 1. The van der Waals surface area contributed by atoms with Crippen LogP contribution in [0.3, 0.4) is 0 Å². The average molecular weight is 275 g/mol. The molecule has 0 radical (unpaired) electrons. The zero-order valence-corrected chi connectivity index (χ0v) is 12.1. The normalized spacial score (nSPS) is 12.2. The minimum atomic E-state index is -0.575. The zero-order chi connectivity index (χ0) is 14.5. The molecule has 0 saturated carbocycles. The largest absolute Gasteiger partial charge is 0.490 e. The van der Waals surface area contributed by atoms with E-state index in [0.717, 1.165) is 22.6 Å². The van der Waals surface area contributed by atoms with Gasteiger partial charge in [0.05, 0.1) is 11.9 Å². The van der Waals surface area contributed by atoms with Crippen LogP contribution in [-0.4, -0.2) is 34.1 Å². The maximum atomic E-state index is 9.95. The topological polar surface area (TPSA) is 59.3 Å². The quantitative estimate of drug-likeness (QED) is 0.845. The Hall–Kier alpha value is -2.01. The number of para-hydroxylation sites is 1. The van der Waals surface area contributed by atoms with Gasteiger partial charge in [-0.25, -0.2) is 0 Å². The van der Waals surface area contributed by atoms with Gasteiger partial charge in [-0.3, -0.25) is 4.68 Å². The second-order valence-corrected chi connectivity index (χ2v) is 4.97. The monoisotopic (exact) mass is 275 g/mol. The summed E-state index contributed by atoms with van der Waals surface area (Å²) in [6.07, 6.45) is 3.01. The van der Waals surface area contributed by atoms with E-state index in [9.17, 15) is 5.11 Å². The molecule has 1 heterocycles. The minimum absolute atomic E-state index is 0.263. The van der Waals surface area contributed by atoms with Crippen molar-refractivity contribution in [3.05, 3.63) is 41.7 Å². The van der Waals surface area contributed by atoms with E-state index in [2.05, 4.69) is 10.4 Å². The Morgan fingerprint density at radius 1 is 1.35 bits per heavy atom. The molecule has 1 unspecified atom stereocenters. The van der Waals surface area contributed by atoms with E-state index < -0.39 is 6.10 Å². The first kappa shape index (κ1) is 14.4. The number of aryl methyl sites for hydroxylation is 3. The first-order chi connectivity index (χ1) is 9.56. The summed E-state index contributed by atoms with van der Waals surface area (Å²) in [5, 5.41) is 17.1. The molecule has 2 N–H and O–H groups in total. The summed E-state index contributed by atoms with van der Waals surface area (Å²) < 4.78 is 7.42. The molecule has 108 valence electrons. The second-order valence-electron chi connectivity index (χ2n) is 4.97. The molecular weight excluding hydrogens is 254 g/mol. The van der Waals surface area contributed by atoms with Crippen LogP contribution in [0.4, 0.5) is 5.69 Å². The molecule has 0 aliphatic heterocycles. The summed E-state index contributed by atoms with van der Waals surface area (Å²) >= 11 is 0. The number of anilines is 1. The molecule has 2 aromatic rings. The van der Waals surface area contributed by atoms with Crippen molar-refractivity contribution in [2.75, 3.05) is 18.5 Å². The highest BCUT2D eigenvalue weighted by Gasteiger charge is 2.08. The third kappa shape index (κ3) is 3.74. The summed E-state index contributed by atoms with van der Waals surface area (Å²) in [7, 11) is 1.85. The van der Waals surface area contributed by atoms with E-state index in [-0.39, 0.29) is 6.61 Å². The minimum Gasteiger partial charge on any atom is -0.490 e. The maximum absolute atomic E-state index is 9.95.